The molecule has 6 aromatic rings. The van der Waals surface area contributed by atoms with E-state index in [9.17, 15) is 0 Å². The van der Waals surface area contributed by atoms with Crippen molar-refractivity contribution in [3.8, 4) is 11.1 Å². The predicted octanol–water partition coefficient (Wildman–Crippen LogP) is 8.46. The Morgan fingerprint density at radius 2 is 0.977 bits per heavy atom. The van der Waals surface area contributed by atoms with Crippen molar-refractivity contribution >= 4 is 29.0 Å². The molecule has 0 aliphatic heterocycles. The number of hydrogen-bond acceptors (Lipinski definition) is 6. The summed E-state index contributed by atoms with van der Waals surface area (Å²) in [5.41, 5.74) is 10.0. The van der Waals surface area contributed by atoms with E-state index in [1.807, 2.05) is 37.3 Å². The van der Waals surface area contributed by atoms with Gasteiger partial charge < -0.3 is 16.0 Å². The highest BCUT2D eigenvalue weighted by atomic mass is 15.2. The summed E-state index contributed by atoms with van der Waals surface area (Å²) < 4.78 is 0. The number of aryl methyl sites for hydroxylation is 1. The molecule has 7 rings (SSSR count). The van der Waals surface area contributed by atoms with Gasteiger partial charge in [0.05, 0.1) is 5.41 Å². The van der Waals surface area contributed by atoms with Crippen molar-refractivity contribution in [2.75, 3.05) is 22.5 Å². The van der Waals surface area contributed by atoms with Crippen molar-refractivity contribution in [2.45, 2.75) is 19.3 Å². The van der Waals surface area contributed by atoms with Crippen LogP contribution in [0, 0.1) is 6.92 Å². The molecule has 210 valence electrons. The second-order valence-corrected chi connectivity index (χ2v) is 10.7. The summed E-state index contributed by atoms with van der Waals surface area (Å²) in [4.78, 5) is 13.6. The lowest BCUT2D eigenvalue weighted by molar-refractivity contribution is 0.768. The molecule has 0 spiro atoms. The predicted molar refractivity (Wildman–Crippen MR) is 175 cm³/mol. The fraction of sp³-hybridized carbons (Fsp3) is 0.108. The molecule has 0 fully saturated rings. The molecule has 6 nitrogen and oxygen atoms in total. The van der Waals surface area contributed by atoms with E-state index in [4.69, 9.17) is 0 Å². The molecule has 6 heteroatoms. The molecule has 1 aliphatic rings. The summed E-state index contributed by atoms with van der Waals surface area (Å²) >= 11 is 0. The Bertz CT molecular complexity index is 1840. The lowest BCUT2D eigenvalue weighted by Crippen LogP contribution is -2.28. The van der Waals surface area contributed by atoms with Crippen LogP contribution in [0.3, 0.4) is 0 Å². The van der Waals surface area contributed by atoms with Crippen molar-refractivity contribution in [3.05, 3.63) is 155 Å². The van der Waals surface area contributed by atoms with Gasteiger partial charge in [0.1, 0.15) is 5.82 Å². The molecule has 5 aromatic carbocycles. The third kappa shape index (κ3) is 4.77. The van der Waals surface area contributed by atoms with Crippen LogP contribution in [0.1, 0.15) is 35.0 Å². The maximum Gasteiger partial charge on any atom is 0.232 e. The molecule has 0 amide bonds. The van der Waals surface area contributed by atoms with Crippen LogP contribution in [-0.4, -0.2) is 21.5 Å². The molecular weight excluding hydrogens is 528 g/mol. The third-order valence-electron chi connectivity index (χ3n) is 8.00. The number of hydrogen-bond donors (Lipinski definition) is 3. The fourth-order valence-corrected chi connectivity index (χ4v) is 6.24. The summed E-state index contributed by atoms with van der Waals surface area (Å²) in [6, 6.07) is 45.0. The molecule has 1 heterocycles. The molecule has 0 unspecified atom stereocenters. The molecule has 1 aromatic heterocycles. The monoisotopic (exact) mass is 560 g/mol. The van der Waals surface area contributed by atoms with Crippen molar-refractivity contribution in [1.29, 1.82) is 0 Å². The van der Waals surface area contributed by atoms with Crippen molar-refractivity contribution in [2.24, 2.45) is 0 Å². The molecule has 1 aliphatic carbocycles. The highest BCUT2D eigenvalue weighted by Gasteiger charge is 2.45. The second kappa shape index (κ2) is 11.1. The van der Waals surface area contributed by atoms with Crippen LogP contribution in [0.25, 0.3) is 11.1 Å². The maximum absolute atomic E-state index is 4.62. The van der Waals surface area contributed by atoms with Crippen LogP contribution in [0.5, 0.6) is 0 Å². The smallest absolute Gasteiger partial charge is 0.232 e. The lowest BCUT2D eigenvalue weighted by Gasteiger charge is -2.34. The Morgan fingerprint density at radius 3 is 1.51 bits per heavy atom. The molecular formula is C37H32N6. The topological polar surface area (TPSA) is 74.8 Å². The zero-order valence-electron chi connectivity index (χ0n) is 24.2. The Kier molecular flexibility index (Phi) is 6.79. The minimum atomic E-state index is -0.451. The zero-order chi connectivity index (χ0) is 29.2. The van der Waals surface area contributed by atoms with E-state index in [1.54, 1.807) is 0 Å². The average Bonchev–Trinajstić information content (AvgIpc) is 3.33. The molecule has 0 bridgehead atoms. The second-order valence-electron chi connectivity index (χ2n) is 10.7. The van der Waals surface area contributed by atoms with Crippen LogP contribution < -0.4 is 16.0 Å². The molecule has 0 saturated heterocycles. The first kappa shape index (κ1) is 26.4. The first-order chi connectivity index (χ1) is 21.1. The Labute approximate surface area is 251 Å². The van der Waals surface area contributed by atoms with E-state index in [0.717, 1.165) is 23.6 Å². The number of aromatic nitrogens is 3. The third-order valence-corrected chi connectivity index (χ3v) is 8.00. The summed E-state index contributed by atoms with van der Waals surface area (Å²) in [6.07, 6.45) is 0. The van der Waals surface area contributed by atoms with Gasteiger partial charge in [-0.2, -0.15) is 15.0 Å². The first-order valence-electron chi connectivity index (χ1n) is 14.6. The van der Waals surface area contributed by atoms with Crippen molar-refractivity contribution in [1.82, 2.24) is 15.0 Å². The number of rotatable bonds is 8. The maximum atomic E-state index is 4.62. The minimum absolute atomic E-state index is 0.451. The van der Waals surface area contributed by atoms with Gasteiger partial charge >= 0.3 is 0 Å². The number of para-hydroxylation sites is 1. The van der Waals surface area contributed by atoms with Gasteiger partial charge in [0.2, 0.25) is 11.9 Å². The number of benzene rings is 5. The van der Waals surface area contributed by atoms with Crippen molar-refractivity contribution in [3.63, 3.8) is 0 Å². The summed E-state index contributed by atoms with van der Waals surface area (Å²) in [6.45, 7) is 4.87. The van der Waals surface area contributed by atoms with E-state index < -0.39 is 5.41 Å². The summed E-state index contributed by atoms with van der Waals surface area (Å²) in [5.74, 6) is 1.62. The summed E-state index contributed by atoms with van der Waals surface area (Å²) in [7, 11) is 0. The van der Waals surface area contributed by atoms with Crippen LogP contribution in [-0.2, 0) is 5.41 Å². The molecule has 0 saturated carbocycles. The zero-order valence-corrected chi connectivity index (χ0v) is 24.2. The lowest BCUT2D eigenvalue weighted by atomic mass is 9.67. The molecule has 3 N–H and O–H groups in total. The van der Waals surface area contributed by atoms with Gasteiger partial charge in [-0.1, -0.05) is 91.0 Å². The van der Waals surface area contributed by atoms with Gasteiger partial charge in [0.15, 0.2) is 0 Å². The summed E-state index contributed by atoms with van der Waals surface area (Å²) in [5, 5.41) is 10.1. The van der Waals surface area contributed by atoms with Crippen LogP contribution in [0.2, 0.25) is 0 Å². The normalized spacial score (nSPS) is 12.7. The molecule has 0 atom stereocenters. The van der Waals surface area contributed by atoms with E-state index >= 15 is 0 Å². The van der Waals surface area contributed by atoms with Crippen LogP contribution >= 0.6 is 0 Å². The first-order valence-corrected chi connectivity index (χ1v) is 14.6. The standard InChI is InChI=1S/C37H32N6/c1-3-38-28-21-17-26(18-22-28)37(33-15-9-7-13-31(33)32-14-8-10-16-34(32)37)27-19-23-30(24-20-27)42-36-40-25(2)39-35(43-36)41-29-11-5-4-6-12-29/h4-24,38H,3H2,1-2H3,(H2,39,40,41,42,43). The quantitative estimate of drug-likeness (QED) is 0.173. The highest BCUT2D eigenvalue weighted by molar-refractivity contribution is 5.86. The Hall–Kier alpha value is -5.49. The van der Waals surface area contributed by atoms with E-state index in [-0.39, 0.29) is 0 Å². The van der Waals surface area contributed by atoms with Gasteiger partial charge in [-0.25, -0.2) is 0 Å². The fourth-order valence-electron chi connectivity index (χ4n) is 6.24. The number of nitrogens with zero attached hydrogens (tertiary/aromatic N) is 3. The van der Waals surface area contributed by atoms with Crippen LogP contribution in [0.15, 0.2) is 127 Å². The van der Waals surface area contributed by atoms with Gasteiger partial charge in [-0.05, 0) is 83.6 Å². The van der Waals surface area contributed by atoms with E-state index in [2.05, 4.69) is 135 Å². The number of nitrogens with one attached hydrogen (secondary N) is 3. The van der Waals surface area contributed by atoms with Crippen molar-refractivity contribution < 1.29 is 0 Å². The minimum Gasteiger partial charge on any atom is -0.385 e. The van der Waals surface area contributed by atoms with Gasteiger partial charge in [-0.15, -0.1) is 0 Å². The van der Waals surface area contributed by atoms with Crippen LogP contribution in [0.4, 0.5) is 29.0 Å². The molecule has 0 radical (unpaired) electrons. The van der Waals surface area contributed by atoms with Gasteiger partial charge in [-0.3, -0.25) is 0 Å². The highest BCUT2D eigenvalue weighted by Crippen LogP contribution is 2.56. The molecule has 43 heavy (non-hydrogen) atoms. The number of anilines is 5. The Balaban J connectivity index is 1.29. The Morgan fingerprint density at radius 1 is 0.512 bits per heavy atom. The number of fused-ring (bicyclic) bond motifs is 3. The van der Waals surface area contributed by atoms with Gasteiger partial charge in [0.25, 0.3) is 0 Å². The van der Waals surface area contributed by atoms with Gasteiger partial charge in [0, 0.05) is 23.6 Å². The van der Waals surface area contributed by atoms with E-state index in [0.29, 0.717) is 17.7 Å². The van der Waals surface area contributed by atoms with E-state index in [1.165, 1.54) is 33.4 Å². The SMILES string of the molecule is CCNc1ccc(C2(c3ccc(Nc4nc(C)nc(Nc5ccccc5)n4)cc3)c3ccccc3-c3ccccc32)cc1. The average molecular weight is 561 g/mol. The largest absolute Gasteiger partial charge is 0.385 e.